The van der Waals surface area contributed by atoms with Gasteiger partial charge in [0.15, 0.2) is 0 Å². The fraction of sp³-hybridized carbons (Fsp3) is 0.733. The molecule has 3 saturated carbocycles. The summed E-state index contributed by atoms with van der Waals surface area (Å²) in [4.78, 5) is 0. The SMILES string of the molecule is C=C1CC[C@@]23CCCC[C@]2(C1)C(=C)CC3O. The van der Waals surface area contributed by atoms with Crippen LogP contribution in [0.1, 0.15) is 51.4 Å². The van der Waals surface area contributed by atoms with Crippen molar-refractivity contribution in [2.45, 2.75) is 57.5 Å². The molecular formula is C15H22O. The summed E-state index contributed by atoms with van der Waals surface area (Å²) < 4.78 is 0. The highest BCUT2D eigenvalue weighted by Crippen LogP contribution is 2.69. The molecule has 1 N–H and O–H groups in total. The smallest absolute Gasteiger partial charge is 0.0642 e. The molecule has 0 aromatic carbocycles. The molecule has 0 bridgehead atoms. The van der Waals surface area contributed by atoms with E-state index in [0.717, 1.165) is 25.7 Å². The van der Waals surface area contributed by atoms with E-state index in [2.05, 4.69) is 13.2 Å². The van der Waals surface area contributed by atoms with Crippen molar-refractivity contribution < 1.29 is 5.11 Å². The van der Waals surface area contributed by atoms with Gasteiger partial charge in [0, 0.05) is 10.8 Å². The van der Waals surface area contributed by atoms with Crippen LogP contribution in [0.25, 0.3) is 0 Å². The summed E-state index contributed by atoms with van der Waals surface area (Å²) in [5.74, 6) is 0. The van der Waals surface area contributed by atoms with Gasteiger partial charge in [0.1, 0.15) is 0 Å². The lowest BCUT2D eigenvalue weighted by Crippen LogP contribution is -2.49. The zero-order valence-electron chi connectivity index (χ0n) is 10.1. The van der Waals surface area contributed by atoms with Crippen LogP contribution in [0.4, 0.5) is 0 Å². The minimum absolute atomic E-state index is 0.131. The van der Waals surface area contributed by atoms with Gasteiger partial charge in [-0.25, -0.2) is 0 Å². The number of aliphatic hydroxyl groups is 1. The van der Waals surface area contributed by atoms with Crippen LogP contribution < -0.4 is 0 Å². The zero-order valence-corrected chi connectivity index (χ0v) is 10.1. The molecule has 3 rings (SSSR count). The summed E-state index contributed by atoms with van der Waals surface area (Å²) in [7, 11) is 0. The van der Waals surface area contributed by atoms with Crippen molar-refractivity contribution in [1.82, 2.24) is 0 Å². The Bertz CT molecular complexity index is 356. The first kappa shape index (κ1) is 10.6. The second-order valence-corrected chi connectivity index (χ2v) is 6.20. The lowest BCUT2D eigenvalue weighted by molar-refractivity contribution is -0.0679. The molecule has 3 fully saturated rings. The number of hydrogen-bond acceptors (Lipinski definition) is 1. The average molecular weight is 218 g/mol. The van der Waals surface area contributed by atoms with E-state index in [9.17, 15) is 5.11 Å². The van der Waals surface area contributed by atoms with Crippen LogP contribution in [0.3, 0.4) is 0 Å². The maximum absolute atomic E-state index is 10.5. The Kier molecular flexibility index (Phi) is 2.13. The summed E-state index contributed by atoms with van der Waals surface area (Å²) in [5.41, 5.74) is 3.09. The molecule has 0 saturated heterocycles. The predicted octanol–water partition coefficient (Wildman–Crippen LogP) is 3.59. The van der Waals surface area contributed by atoms with Crippen molar-refractivity contribution in [3.63, 3.8) is 0 Å². The summed E-state index contributed by atoms with van der Waals surface area (Å²) in [6.07, 6.45) is 9.11. The van der Waals surface area contributed by atoms with Crippen LogP contribution in [0.2, 0.25) is 0 Å². The maximum atomic E-state index is 10.5. The van der Waals surface area contributed by atoms with Crippen LogP contribution in [-0.4, -0.2) is 11.2 Å². The minimum atomic E-state index is -0.131. The largest absolute Gasteiger partial charge is 0.392 e. The zero-order chi connectivity index (χ0) is 11.4. The molecule has 3 aliphatic rings. The maximum Gasteiger partial charge on any atom is 0.0642 e. The van der Waals surface area contributed by atoms with E-state index in [0.29, 0.717) is 0 Å². The van der Waals surface area contributed by atoms with Gasteiger partial charge in [-0.05, 0) is 38.5 Å². The van der Waals surface area contributed by atoms with Crippen LogP contribution >= 0.6 is 0 Å². The van der Waals surface area contributed by atoms with Crippen molar-refractivity contribution in [2.75, 3.05) is 0 Å². The fourth-order valence-corrected chi connectivity index (χ4v) is 4.83. The van der Waals surface area contributed by atoms with E-state index in [1.54, 1.807) is 0 Å². The molecule has 0 aliphatic heterocycles. The number of hydrogen-bond donors (Lipinski definition) is 1. The van der Waals surface area contributed by atoms with Crippen LogP contribution in [0, 0.1) is 10.8 Å². The second kappa shape index (κ2) is 3.22. The molecule has 0 aromatic rings. The quantitative estimate of drug-likeness (QED) is 0.616. The molecular weight excluding hydrogens is 196 g/mol. The van der Waals surface area contributed by atoms with E-state index < -0.39 is 0 Å². The molecule has 1 nitrogen and oxygen atoms in total. The fourth-order valence-electron chi connectivity index (χ4n) is 4.83. The van der Waals surface area contributed by atoms with Crippen molar-refractivity contribution in [2.24, 2.45) is 10.8 Å². The van der Waals surface area contributed by atoms with E-state index in [4.69, 9.17) is 0 Å². The molecule has 3 aliphatic carbocycles. The van der Waals surface area contributed by atoms with E-state index >= 15 is 0 Å². The van der Waals surface area contributed by atoms with Gasteiger partial charge in [-0.1, -0.05) is 37.1 Å². The molecule has 16 heavy (non-hydrogen) atoms. The molecule has 0 aromatic heterocycles. The van der Waals surface area contributed by atoms with Crippen molar-refractivity contribution in [1.29, 1.82) is 0 Å². The van der Waals surface area contributed by atoms with Crippen molar-refractivity contribution >= 4 is 0 Å². The molecule has 1 unspecified atom stereocenters. The highest BCUT2D eigenvalue weighted by molar-refractivity contribution is 5.33. The minimum Gasteiger partial charge on any atom is -0.392 e. The molecule has 0 spiro atoms. The first-order valence-electron chi connectivity index (χ1n) is 6.64. The molecule has 1 heteroatoms. The van der Waals surface area contributed by atoms with Crippen LogP contribution in [0.5, 0.6) is 0 Å². The van der Waals surface area contributed by atoms with Gasteiger partial charge in [0.25, 0.3) is 0 Å². The van der Waals surface area contributed by atoms with Gasteiger partial charge in [-0.15, -0.1) is 0 Å². The number of allylic oxidation sites excluding steroid dienone is 1. The van der Waals surface area contributed by atoms with Gasteiger partial charge >= 0.3 is 0 Å². The van der Waals surface area contributed by atoms with Gasteiger partial charge in [-0.3, -0.25) is 0 Å². The van der Waals surface area contributed by atoms with E-state index in [1.165, 1.54) is 36.8 Å². The Morgan fingerprint density at radius 3 is 2.69 bits per heavy atom. The number of rotatable bonds is 0. The standard InChI is InChI=1S/C15H22O/c1-11-5-8-14-6-3-4-7-15(14,10-11)12(2)9-13(14)16/h13,16H,1-10H2/t13?,14-,15+/m1/s1. The normalized spacial score (nSPS) is 47.7. The van der Waals surface area contributed by atoms with Gasteiger partial charge in [0.2, 0.25) is 0 Å². The van der Waals surface area contributed by atoms with Gasteiger partial charge < -0.3 is 5.11 Å². The van der Waals surface area contributed by atoms with Crippen molar-refractivity contribution in [3.8, 4) is 0 Å². The molecule has 3 atom stereocenters. The third kappa shape index (κ3) is 1.05. The molecule has 0 radical (unpaired) electrons. The lowest BCUT2D eigenvalue weighted by atomic mass is 9.50. The Hall–Kier alpha value is -0.560. The molecule has 0 amide bonds. The van der Waals surface area contributed by atoms with Crippen LogP contribution in [-0.2, 0) is 0 Å². The Balaban J connectivity index is 2.10. The van der Waals surface area contributed by atoms with E-state index in [1.807, 2.05) is 0 Å². The summed E-state index contributed by atoms with van der Waals surface area (Å²) in [6, 6.07) is 0. The van der Waals surface area contributed by atoms with Crippen molar-refractivity contribution in [3.05, 3.63) is 24.3 Å². The second-order valence-electron chi connectivity index (χ2n) is 6.20. The Labute approximate surface area is 98.2 Å². The predicted molar refractivity (Wildman–Crippen MR) is 66.1 cm³/mol. The monoisotopic (exact) mass is 218 g/mol. The van der Waals surface area contributed by atoms with E-state index in [-0.39, 0.29) is 16.9 Å². The topological polar surface area (TPSA) is 20.2 Å². The van der Waals surface area contributed by atoms with Gasteiger partial charge in [0.05, 0.1) is 6.10 Å². The molecule has 0 heterocycles. The summed E-state index contributed by atoms with van der Waals surface area (Å²) in [6.45, 7) is 8.49. The average Bonchev–Trinajstić information content (AvgIpc) is 2.49. The molecule has 88 valence electrons. The third-order valence-electron chi connectivity index (χ3n) is 5.66. The Morgan fingerprint density at radius 1 is 1.12 bits per heavy atom. The summed E-state index contributed by atoms with van der Waals surface area (Å²) in [5, 5.41) is 10.5. The van der Waals surface area contributed by atoms with Gasteiger partial charge in [-0.2, -0.15) is 0 Å². The number of aliphatic hydroxyl groups excluding tert-OH is 1. The first-order chi connectivity index (χ1) is 7.61. The highest BCUT2D eigenvalue weighted by Gasteiger charge is 2.63. The van der Waals surface area contributed by atoms with Crippen LogP contribution in [0.15, 0.2) is 24.3 Å². The third-order valence-corrected chi connectivity index (χ3v) is 5.66. The lowest BCUT2D eigenvalue weighted by Gasteiger charge is -2.55. The summed E-state index contributed by atoms with van der Waals surface area (Å²) >= 11 is 0. The highest BCUT2D eigenvalue weighted by atomic mass is 16.3. The Morgan fingerprint density at radius 2 is 1.88 bits per heavy atom. The first-order valence-corrected chi connectivity index (χ1v) is 6.64.